The summed E-state index contributed by atoms with van der Waals surface area (Å²) < 4.78 is 5.10. The highest BCUT2D eigenvalue weighted by atomic mass is 32.1. The molecule has 122 valence electrons. The van der Waals surface area contributed by atoms with E-state index in [0.717, 1.165) is 10.4 Å². The van der Waals surface area contributed by atoms with Crippen LogP contribution in [0, 0.1) is 0 Å². The molecule has 6 heteroatoms. The van der Waals surface area contributed by atoms with Crippen LogP contribution in [0.15, 0.2) is 47.8 Å². The quantitative estimate of drug-likeness (QED) is 0.853. The molecule has 1 aromatic carbocycles. The number of carbonyl (C=O) groups excluding carboxylic acids is 2. The molecule has 0 spiro atoms. The van der Waals surface area contributed by atoms with Crippen molar-refractivity contribution in [1.82, 2.24) is 10.6 Å². The Morgan fingerprint density at radius 3 is 2.48 bits per heavy atom. The summed E-state index contributed by atoms with van der Waals surface area (Å²) in [4.78, 5) is 24.9. The topological polar surface area (TPSA) is 67.4 Å². The molecule has 0 saturated carbocycles. The van der Waals surface area contributed by atoms with Crippen molar-refractivity contribution >= 4 is 23.3 Å². The van der Waals surface area contributed by atoms with E-state index in [4.69, 9.17) is 4.74 Å². The first kappa shape index (κ1) is 17.0. The van der Waals surface area contributed by atoms with E-state index >= 15 is 0 Å². The Morgan fingerprint density at radius 2 is 1.83 bits per heavy atom. The molecule has 1 aromatic heterocycles. The first-order valence-electron chi connectivity index (χ1n) is 7.37. The van der Waals surface area contributed by atoms with Crippen molar-refractivity contribution < 1.29 is 14.3 Å². The minimum absolute atomic E-state index is 0.0907. The molecular weight excluding hydrogens is 312 g/mol. The van der Waals surface area contributed by atoms with Gasteiger partial charge in [0.25, 0.3) is 0 Å². The van der Waals surface area contributed by atoms with Crippen molar-refractivity contribution in [1.29, 1.82) is 0 Å². The van der Waals surface area contributed by atoms with Crippen LogP contribution in [0.1, 0.15) is 30.3 Å². The number of thiophene rings is 1. The predicted molar refractivity (Wildman–Crippen MR) is 90.1 cm³/mol. The summed E-state index contributed by atoms with van der Waals surface area (Å²) in [6, 6.07) is 12.5. The SMILES string of the molecule is CC(NC(=O)[C@H](C)NC(=O)OCc1ccccc1)c1cccs1. The van der Waals surface area contributed by atoms with Crippen LogP contribution < -0.4 is 10.6 Å². The van der Waals surface area contributed by atoms with Crippen molar-refractivity contribution in [3.8, 4) is 0 Å². The maximum atomic E-state index is 12.1. The number of ether oxygens (including phenoxy) is 1. The summed E-state index contributed by atoms with van der Waals surface area (Å²) >= 11 is 1.58. The van der Waals surface area contributed by atoms with Gasteiger partial charge in [-0.1, -0.05) is 36.4 Å². The molecule has 23 heavy (non-hydrogen) atoms. The van der Waals surface area contributed by atoms with Crippen LogP contribution in [0.25, 0.3) is 0 Å². The molecule has 5 nitrogen and oxygen atoms in total. The monoisotopic (exact) mass is 332 g/mol. The summed E-state index contributed by atoms with van der Waals surface area (Å²) in [7, 11) is 0. The van der Waals surface area contributed by atoms with Gasteiger partial charge in [-0.15, -0.1) is 11.3 Å². The molecule has 1 heterocycles. The van der Waals surface area contributed by atoms with Gasteiger partial charge in [0.2, 0.25) is 5.91 Å². The summed E-state index contributed by atoms with van der Waals surface area (Å²) in [6.45, 7) is 3.71. The highest BCUT2D eigenvalue weighted by Crippen LogP contribution is 2.17. The Balaban J connectivity index is 1.75. The minimum atomic E-state index is -0.666. The van der Waals surface area contributed by atoms with Crippen LogP contribution in [0.5, 0.6) is 0 Å². The van der Waals surface area contributed by atoms with E-state index in [1.807, 2.05) is 54.8 Å². The zero-order chi connectivity index (χ0) is 16.7. The molecule has 2 aromatic rings. The molecular formula is C17H20N2O3S. The highest BCUT2D eigenvalue weighted by molar-refractivity contribution is 7.10. The number of hydrogen-bond acceptors (Lipinski definition) is 4. The summed E-state index contributed by atoms with van der Waals surface area (Å²) in [5.41, 5.74) is 0.895. The fourth-order valence-electron chi connectivity index (χ4n) is 1.95. The number of rotatable bonds is 6. The smallest absolute Gasteiger partial charge is 0.408 e. The number of carbonyl (C=O) groups is 2. The molecule has 2 rings (SSSR count). The van der Waals surface area contributed by atoms with Gasteiger partial charge < -0.3 is 15.4 Å². The Hall–Kier alpha value is -2.34. The van der Waals surface area contributed by atoms with Gasteiger partial charge in [-0.2, -0.15) is 0 Å². The number of amides is 2. The fourth-order valence-corrected chi connectivity index (χ4v) is 2.69. The van der Waals surface area contributed by atoms with E-state index in [1.165, 1.54) is 0 Å². The number of nitrogens with one attached hydrogen (secondary N) is 2. The standard InChI is InChI=1S/C17H20N2O3S/c1-12(15-9-6-10-23-15)18-16(20)13(2)19-17(21)22-11-14-7-4-3-5-8-14/h3-10,12-13H,11H2,1-2H3,(H,18,20)(H,19,21)/t12?,13-/m0/s1. The average Bonchev–Trinajstić information content (AvgIpc) is 3.08. The Morgan fingerprint density at radius 1 is 1.09 bits per heavy atom. The molecule has 2 amide bonds. The first-order valence-corrected chi connectivity index (χ1v) is 8.25. The summed E-state index contributed by atoms with van der Waals surface area (Å²) in [5, 5.41) is 7.35. The van der Waals surface area contributed by atoms with Crippen LogP contribution >= 0.6 is 11.3 Å². The molecule has 0 aliphatic heterocycles. The van der Waals surface area contributed by atoms with Gasteiger partial charge in [-0.25, -0.2) is 4.79 Å². The van der Waals surface area contributed by atoms with Crippen molar-refractivity contribution in [2.45, 2.75) is 32.5 Å². The van der Waals surface area contributed by atoms with Gasteiger partial charge in [0.1, 0.15) is 12.6 Å². The Bertz CT molecular complexity index is 629. The summed E-state index contributed by atoms with van der Waals surface area (Å²) in [6.07, 6.45) is -0.611. The van der Waals surface area contributed by atoms with Gasteiger partial charge in [-0.3, -0.25) is 4.79 Å². The maximum absolute atomic E-state index is 12.1. The van der Waals surface area contributed by atoms with Crippen LogP contribution in [0.3, 0.4) is 0 Å². The Kier molecular flexibility index (Phi) is 6.17. The van der Waals surface area contributed by atoms with E-state index in [0.29, 0.717) is 0 Å². The van der Waals surface area contributed by atoms with E-state index in [9.17, 15) is 9.59 Å². The fraction of sp³-hybridized carbons (Fsp3) is 0.294. The average molecular weight is 332 g/mol. The van der Waals surface area contributed by atoms with Gasteiger partial charge in [0.15, 0.2) is 0 Å². The second kappa shape index (κ2) is 8.33. The normalized spacial score (nSPS) is 13.0. The highest BCUT2D eigenvalue weighted by Gasteiger charge is 2.19. The molecule has 2 atom stereocenters. The number of alkyl carbamates (subject to hydrolysis) is 1. The van der Waals surface area contributed by atoms with E-state index < -0.39 is 12.1 Å². The van der Waals surface area contributed by atoms with Gasteiger partial charge >= 0.3 is 6.09 Å². The van der Waals surface area contributed by atoms with Gasteiger partial charge in [0.05, 0.1) is 6.04 Å². The van der Waals surface area contributed by atoms with Crippen LogP contribution in [0.4, 0.5) is 4.79 Å². The molecule has 1 unspecified atom stereocenters. The predicted octanol–water partition coefficient (Wildman–Crippen LogP) is 3.24. The lowest BCUT2D eigenvalue weighted by atomic mass is 10.2. The van der Waals surface area contributed by atoms with Crippen molar-refractivity contribution in [3.63, 3.8) is 0 Å². The molecule has 0 aliphatic carbocycles. The van der Waals surface area contributed by atoms with Crippen molar-refractivity contribution in [2.75, 3.05) is 0 Å². The van der Waals surface area contributed by atoms with E-state index in [-0.39, 0.29) is 18.6 Å². The summed E-state index contributed by atoms with van der Waals surface area (Å²) in [5.74, 6) is -0.248. The molecule has 0 fully saturated rings. The lowest BCUT2D eigenvalue weighted by Crippen LogP contribution is -2.45. The second-order valence-electron chi connectivity index (χ2n) is 5.17. The van der Waals surface area contributed by atoms with E-state index in [2.05, 4.69) is 10.6 Å². The molecule has 0 aliphatic rings. The van der Waals surface area contributed by atoms with Crippen LogP contribution in [0.2, 0.25) is 0 Å². The number of hydrogen-bond donors (Lipinski definition) is 2. The van der Waals surface area contributed by atoms with Crippen molar-refractivity contribution in [2.24, 2.45) is 0 Å². The number of benzene rings is 1. The van der Waals surface area contributed by atoms with Crippen LogP contribution in [-0.2, 0) is 16.1 Å². The lowest BCUT2D eigenvalue weighted by Gasteiger charge is -2.17. The Labute approximate surface area is 139 Å². The zero-order valence-corrected chi connectivity index (χ0v) is 13.9. The third-order valence-corrected chi connectivity index (χ3v) is 4.32. The third kappa shape index (κ3) is 5.41. The lowest BCUT2D eigenvalue weighted by molar-refractivity contribution is -0.123. The van der Waals surface area contributed by atoms with Gasteiger partial charge in [-0.05, 0) is 30.9 Å². The second-order valence-corrected chi connectivity index (χ2v) is 6.15. The van der Waals surface area contributed by atoms with Crippen molar-refractivity contribution in [3.05, 3.63) is 58.3 Å². The van der Waals surface area contributed by atoms with Gasteiger partial charge in [0, 0.05) is 4.88 Å². The van der Waals surface area contributed by atoms with Crippen LogP contribution in [-0.4, -0.2) is 18.0 Å². The third-order valence-electron chi connectivity index (χ3n) is 3.27. The zero-order valence-electron chi connectivity index (χ0n) is 13.1. The maximum Gasteiger partial charge on any atom is 0.408 e. The molecule has 0 bridgehead atoms. The largest absolute Gasteiger partial charge is 0.445 e. The first-order chi connectivity index (χ1) is 11.1. The minimum Gasteiger partial charge on any atom is -0.445 e. The molecule has 2 N–H and O–H groups in total. The van der Waals surface area contributed by atoms with E-state index in [1.54, 1.807) is 18.3 Å². The molecule has 0 radical (unpaired) electrons. The molecule has 0 saturated heterocycles.